The number of amides is 2. The van der Waals surface area contributed by atoms with E-state index in [0.29, 0.717) is 30.1 Å². The molecule has 3 aromatic rings. The molecule has 2 amide bonds. The molecule has 1 aromatic heterocycles. The van der Waals surface area contributed by atoms with E-state index in [1.165, 1.54) is 10.9 Å². The van der Waals surface area contributed by atoms with Gasteiger partial charge in [-0.05, 0) is 48.7 Å². The van der Waals surface area contributed by atoms with Crippen molar-refractivity contribution in [1.29, 1.82) is 0 Å². The molecule has 1 unspecified atom stereocenters. The zero-order valence-corrected chi connectivity index (χ0v) is 15.5. The van der Waals surface area contributed by atoms with E-state index in [0.717, 1.165) is 11.9 Å². The fraction of sp³-hybridized carbons (Fsp3) is 0.238. The fourth-order valence-electron chi connectivity index (χ4n) is 3.63. The van der Waals surface area contributed by atoms with Gasteiger partial charge in [-0.25, -0.2) is 0 Å². The average Bonchev–Trinajstić information content (AvgIpc) is 3.26. The zero-order valence-electron chi connectivity index (χ0n) is 14.7. The Hall–Kier alpha value is -2.79. The number of nitrogens with zero attached hydrogens (tertiary/aromatic N) is 1. The van der Waals surface area contributed by atoms with Crippen molar-refractivity contribution in [2.45, 2.75) is 25.3 Å². The van der Waals surface area contributed by atoms with Gasteiger partial charge >= 0.3 is 0 Å². The number of fused-ring (bicyclic) bond motifs is 1. The van der Waals surface area contributed by atoms with E-state index in [1.54, 1.807) is 29.2 Å². The van der Waals surface area contributed by atoms with Crippen molar-refractivity contribution in [2.75, 3.05) is 11.4 Å². The van der Waals surface area contributed by atoms with E-state index in [1.807, 2.05) is 24.4 Å². The first-order valence-electron chi connectivity index (χ1n) is 9.04. The summed E-state index contributed by atoms with van der Waals surface area (Å²) in [5, 5.41) is 4.76. The second-order valence-electron chi connectivity index (χ2n) is 6.70. The number of rotatable bonds is 5. The Morgan fingerprint density at radius 2 is 1.96 bits per heavy atom. The molecule has 1 fully saturated rings. The van der Waals surface area contributed by atoms with Crippen molar-refractivity contribution in [3.63, 3.8) is 0 Å². The number of carbonyl (C=O) groups is 2. The standard InChI is InChI=1S/C21H20ClN3O2/c22-15-5-7-16(8-6-15)25-19(9-10-20(25)26)21(27)23-12-11-14-13-24-18-4-2-1-3-17(14)18/h1-8,13,19,24H,9-12H2,(H,23,27). The second-order valence-corrected chi connectivity index (χ2v) is 7.13. The lowest BCUT2D eigenvalue weighted by molar-refractivity contribution is -0.123. The summed E-state index contributed by atoms with van der Waals surface area (Å²) < 4.78 is 0. The first-order valence-corrected chi connectivity index (χ1v) is 9.41. The number of carbonyl (C=O) groups excluding carboxylic acids is 2. The van der Waals surface area contributed by atoms with E-state index in [4.69, 9.17) is 11.6 Å². The molecule has 1 aliphatic heterocycles. The molecule has 6 heteroatoms. The highest BCUT2D eigenvalue weighted by molar-refractivity contribution is 6.30. The van der Waals surface area contributed by atoms with Gasteiger partial charge in [0.2, 0.25) is 11.8 Å². The summed E-state index contributed by atoms with van der Waals surface area (Å²) in [5.41, 5.74) is 2.97. The van der Waals surface area contributed by atoms with Crippen LogP contribution in [0.1, 0.15) is 18.4 Å². The number of aromatic amines is 1. The summed E-state index contributed by atoms with van der Waals surface area (Å²) in [6.07, 6.45) is 3.62. The van der Waals surface area contributed by atoms with Gasteiger partial charge in [-0.15, -0.1) is 0 Å². The molecule has 0 radical (unpaired) electrons. The average molecular weight is 382 g/mol. The van der Waals surface area contributed by atoms with Crippen LogP contribution in [0.3, 0.4) is 0 Å². The van der Waals surface area contributed by atoms with Crippen molar-refractivity contribution in [3.8, 4) is 0 Å². The predicted molar refractivity (Wildman–Crippen MR) is 107 cm³/mol. The Bertz CT molecular complexity index is 981. The van der Waals surface area contributed by atoms with Gasteiger partial charge in [0.05, 0.1) is 0 Å². The van der Waals surface area contributed by atoms with Crippen LogP contribution in [0.15, 0.2) is 54.7 Å². The summed E-state index contributed by atoms with van der Waals surface area (Å²) in [5.74, 6) is -0.148. The monoisotopic (exact) mass is 381 g/mol. The maximum absolute atomic E-state index is 12.7. The van der Waals surface area contributed by atoms with Gasteiger partial charge in [0.15, 0.2) is 0 Å². The van der Waals surface area contributed by atoms with Crippen LogP contribution in [0.2, 0.25) is 5.02 Å². The molecule has 2 heterocycles. The maximum Gasteiger partial charge on any atom is 0.243 e. The van der Waals surface area contributed by atoms with E-state index < -0.39 is 6.04 Å². The molecular weight excluding hydrogens is 362 g/mol. The molecule has 27 heavy (non-hydrogen) atoms. The van der Waals surface area contributed by atoms with Crippen LogP contribution in [0, 0.1) is 0 Å². The molecular formula is C21H20ClN3O2. The minimum Gasteiger partial charge on any atom is -0.361 e. The topological polar surface area (TPSA) is 65.2 Å². The zero-order chi connectivity index (χ0) is 18.8. The number of hydrogen-bond donors (Lipinski definition) is 2. The molecule has 2 N–H and O–H groups in total. The predicted octanol–water partition coefficient (Wildman–Crippen LogP) is 3.68. The number of anilines is 1. The van der Waals surface area contributed by atoms with Crippen LogP contribution in [-0.4, -0.2) is 29.4 Å². The lowest BCUT2D eigenvalue weighted by Gasteiger charge is -2.24. The summed E-state index contributed by atoms with van der Waals surface area (Å²) >= 11 is 5.93. The van der Waals surface area contributed by atoms with Crippen LogP contribution < -0.4 is 10.2 Å². The van der Waals surface area contributed by atoms with Gasteiger partial charge in [-0.3, -0.25) is 14.5 Å². The van der Waals surface area contributed by atoms with E-state index in [2.05, 4.69) is 16.4 Å². The molecule has 0 saturated carbocycles. The molecule has 1 saturated heterocycles. The summed E-state index contributed by atoms with van der Waals surface area (Å²) in [4.78, 5) is 29.8. The van der Waals surface area contributed by atoms with Gasteiger partial charge in [-0.2, -0.15) is 0 Å². The number of aromatic nitrogens is 1. The third kappa shape index (κ3) is 3.55. The minimum absolute atomic E-state index is 0.0332. The van der Waals surface area contributed by atoms with Gasteiger partial charge in [0.25, 0.3) is 0 Å². The van der Waals surface area contributed by atoms with Crippen molar-refractivity contribution >= 4 is 40.0 Å². The van der Waals surface area contributed by atoms with Crippen LogP contribution in [-0.2, 0) is 16.0 Å². The number of nitrogens with one attached hydrogen (secondary N) is 2. The fourth-order valence-corrected chi connectivity index (χ4v) is 3.76. The Kier molecular flexibility index (Phi) is 4.86. The Balaban J connectivity index is 1.41. The smallest absolute Gasteiger partial charge is 0.243 e. The van der Waals surface area contributed by atoms with Crippen LogP contribution in [0.5, 0.6) is 0 Å². The molecule has 1 atom stereocenters. The lowest BCUT2D eigenvalue weighted by atomic mass is 10.1. The number of H-pyrrole nitrogens is 1. The van der Waals surface area contributed by atoms with Crippen molar-refractivity contribution in [2.24, 2.45) is 0 Å². The third-order valence-electron chi connectivity index (χ3n) is 4.99. The van der Waals surface area contributed by atoms with E-state index >= 15 is 0 Å². The van der Waals surface area contributed by atoms with Gasteiger partial charge in [0.1, 0.15) is 6.04 Å². The SMILES string of the molecule is O=C(NCCc1c[nH]c2ccccc12)C1CCC(=O)N1c1ccc(Cl)cc1. The van der Waals surface area contributed by atoms with Gasteiger partial charge in [-0.1, -0.05) is 29.8 Å². The molecule has 0 spiro atoms. The lowest BCUT2D eigenvalue weighted by Crippen LogP contribution is -2.45. The molecule has 0 aliphatic carbocycles. The van der Waals surface area contributed by atoms with E-state index in [9.17, 15) is 9.59 Å². The van der Waals surface area contributed by atoms with Crippen molar-refractivity contribution in [3.05, 3.63) is 65.3 Å². The Labute approximate surface area is 162 Å². The van der Waals surface area contributed by atoms with Crippen molar-refractivity contribution < 1.29 is 9.59 Å². The van der Waals surface area contributed by atoms with Crippen LogP contribution in [0.25, 0.3) is 10.9 Å². The maximum atomic E-state index is 12.7. The Morgan fingerprint density at radius 3 is 2.78 bits per heavy atom. The quantitative estimate of drug-likeness (QED) is 0.708. The van der Waals surface area contributed by atoms with Gasteiger partial charge < -0.3 is 10.3 Å². The molecule has 2 aromatic carbocycles. The second kappa shape index (κ2) is 7.45. The molecule has 4 rings (SSSR count). The molecule has 5 nitrogen and oxygen atoms in total. The summed E-state index contributed by atoms with van der Waals surface area (Å²) in [6, 6.07) is 14.6. The highest BCUT2D eigenvalue weighted by Gasteiger charge is 2.36. The normalized spacial score (nSPS) is 16.9. The number of halogens is 1. The largest absolute Gasteiger partial charge is 0.361 e. The first-order chi connectivity index (χ1) is 13.1. The number of para-hydroxylation sites is 1. The Morgan fingerprint density at radius 1 is 1.19 bits per heavy atom. The van der Waals surface area contributed by atoms with Crippen LogP contribution >= 0.6 is 11.6 Å². The number of benzene rings is 2. The number of hydrogen-bond acceptors (Lipinski definition) is 2. The van der Waals surface area contributed by atoms with E-state index in [-0.39, 0.29) is 11.8 Å². The first kappa shape index (κ1) is 17.6. The third-order valence-corrected chi connectivity index (χ3v) is 5.24. The van der Waals surface area contributed by atoms with Gasteiger partial charge in [0, 0.05) is 40.8 Å². The van der Waals surface area contributed by atoms with Crippen molar-refractivity contribution in [1.82, 2.24) is 10.3 Å². The van der Waals surface area contributed by atoms with Crippen LogP contribution in [0.4, 0.5) is 5.69 Å². The summed E-state index contributed by atoms with van der Waals surface area (Å²) in [7, 11) is 0. The summed E-state index contributed by atoms with van der Waals surface area (Å²) in [6.45, 7) is 0.528. The highest BCUT2D eigenvalue weighted by atomic mass is 35.5. The molecule has 1 aliphatic rings. The molecule has 138 valence electrons. The molecule has 0 bridgehead atoms. The highest BCUT2D eigenvalue weighted by Crippen LogP contribution is 2.28. The minimum atomic E-state index is -0.471.